The molecule has 0 aromatic heterocycles. The van der Waals surface area contributed by atoms with E-state index >= 15 is 0 Å². The zero-order valence-electron chi connectivity index (χ0n) is 11.2. The number of para-hydroxylation sites is 1. The Bertz CT molecular complexity index is 795. The maximum atomic E-state index is 12.1. The Morgan fingerprint density at radius 1 is 1.18 bits per heavy atom. The molecule has 0 spiro atoms. The van der Waals surface area contributed by atoms with Gasteiger partial charge in [0.05, 0.1) is 10.0 Å². The Hall–Kier alpha value is -2.48. The van der Waals surface area contributed by atoms with Crippen LogP contribution in [0.25, 0.3) is 6.08 Å². The minimum Gasteiger partial charge on any atom is -0.507 e. The lowest BCUT2D eigenvalue weighted by atomic mass is 10.1. The first-order chi connectivity index (χ1) is 10.5. The van der Waals surface area contributed by atoms with E-state index in [0.29, 0.717) is 21.3 Å². The average Bonchev–Trinajstić information content (AvgIpc) is 2.50. The number of halogens is 2. The fourth-order valence-corrected chi connectivity index (χ4v) is 1.98. The molecule has 0 saturated carbocycles. The number of amides is 1. The molecule has 0 atom stereocenters. The Morgan fingerprint density at radius 2 is 1.91 bits per heavy atom. The number of phenolic OH excluding ortho intramolecular Hbond substituents is 1. The van der Waals surface area contributed by atoms with Crippen molar-refractivity contribution in [3.63, 3.8) is 0 Å². The first kappa shape index (κ1) is 15.9. The number of carbonyl (C=O) groups excluding carboxylic acids is 1. The van der Waals surface area contributed by atoms with Gasteiger partial charge in [0.2, 0.25) is 0 Å². The average molecular weight is 333 g/mol. The van der Waals surface area contributed by atoms with Gasteiger partial charge in [0.25, 0.3) is 5.91 Å². The fraction of sp³-hybridized carbons (Fsp3) is 0. The number of rotatable bonds is 3. The van der Waals surface area contributed by atoms with Gasteiger partial charge in [0, 0.05) is 11.3 Å². The molecule has 22 heavy (non-hydrogen) atoms. The van der Waals surface area contributed by atoms with Crippen molar-refractivity contribution in [2.75, 3.05) is 5.32 Å². The van der Waals surface area contributed by atoms with Crippen LogP contribution in [-0.2, 0) is 4.79 Å². The standard InChI is InChI=1S/C16H10Cl2N2O2/c17-13-6-5-12(8-14(13)18)20-16(22)11(9-19)7-10-3-1-2-4-15(10)21/h1-8,21H,(H,20,22)/b11-7-. The molecule has 1 amide bonds. The van der Waals surface area contributed by atoms with Gasteiger partial charge in [0.15, 0.2) is 0 Å². The van der Waals surface area contributed by atoms with E-state index in [0.717, 1.165) is 0 Å². The first-order valence-corrected chi connectivity index (χ1v) is 6.93. The highest BCUT2D eigenvalue weighted by Gasteiger charge is 2.11. The Balaban J connectivity index is 2.24. The summed E-state index contributed by atoms with van der Waals surface area (Å²) in [5, 5.41) is 22.0. The maximum absolute atomic E-state index is 12.1. The van der Waals surface area contributed by atoms with Crippen LogP contribution in [0.1, 0.15) is 5.56 Å². The summed E-state index contributed by atoms with van der Waals surface area (Å²) in [4.78, 5) is 12.1. The number of anilines is 1. The fourth-order valence-electron chi connectivity index (χ4n) is 1.69. The molecule has 0 aliphatic carbocycles. The van der Waals surface area contributed by atoms with Crippen molar-refractivity contribution in [1.29, 1.82) is 5.26 Å². The van der Waals surface area contributed by atoms with Crippen LogP contribution in [0, 0.1) is 11.3 Å². The number of aromatic hydroxyl groups is 1. The summed E-state index contributed by atoms with van der Waals surface area (Å²) in [7, 11) is 0. The van der Waals surface area contributed by atoms with Crippen molar-refractivity contribution < 1.29 is 9.90 Å². The number of carbonyl (C=O) groups is 1. The van der Waals surface area contributed by atoms with Crippen LogP contribution < -0.4 is 5.32 Å². The molecular formula is C16H10Cl2N2O2. The molecule has 0 radical (unpaired) electrons. The van der Waals surface area contributed by atoms with E-state index in [4.69, 9.17) is 28.5 Å². The van der Waals surface area contributed by atoms with Gasteiger partial charge >= 0.3 is 0 Å². The minimum atomic E-state index is -0.607. The van der Waals surface area contributed by atoms with E-state index in [1.807, 2.05) is 0 Å². The molecule has 2 rings (SSSR count). The third-order valence-corrected chi connectivity index (χ3v) is 3.52. The number of nitrogens with one attached hydrogen (secondary N) is 1. The SMILES string of the molecule is N#C/C(=C/c1ccccc1O)C(=O)Nc1ccc(Cl)c(Cl)c1. The zero-order valence-corrected chi connectivity index (χ0v) is 12.7. The quantitative estimate of drug-likeness (QED) is 0.652. The molecule has 0 fully saturated rings. The van der Waals surface area contributed by atoms with Gasteiger partial charge in [-0.2, -0.15) is 5.26 Å². The van der Waals surface area contributed by atoms with Gasteiger partial charge in [-0.15, -0.1) is 0 Å². The van der Waals surface area contributed by atoms with Gasteiger partial charge in [-0.3, -0.25) is 4.79 Å². The van der Waals surface area contributed by atoms with Crippen molar-refractivity contribution >= 4 is 40.9 Å². The predicted octanol–water partition coefficient (Wildman–Crippen LogP) is 4.24. The largest absolute Gasteiger partial charge is 0.507 e. The predicted molar refractivity (Wildman–Crippen MR) is 86.8 cm³/mol. The Kier molecular flexibility index (Phi) is 5.05. The summed E-state index contributed by atoms with van der Waals surface area (Å²) < 4.78 is 0. The molecule has 2 N–H and O–H groups in total. The lowest BCUT2D eigenvalue weighted by Gasteiger charge is -2.06. The van der Waals surface area contributed by atoms with Crippen molar-refractivity contribution in [2.24, 2.45) is 0 Å². The first-order valence-electron chi connectivity index (χ1n) is 6.17. The highest BCUT2D eigenvalue weighted by Crippen LogP contribution is 2.25. The molecular weight excluding hydrogens is 323 g/mol. The van der Waals surface area contributed by atoms with Gasteiger partial charge in [0.1, 0.15) is 17.4 Å². The monoisotopic (exact) mass is 332 g/mol. The number of nitrogens with zero attached hydrogens (tertiary/aromatic N) is 1. The summed E-state index contributed by atoms with van der Waals surface area (Å²) >= 11 is 11.7. The van der Waals surface area contributed by atoms with Crippen molar-refractivity contribution in [2.45, 2.75) is 0 Å². The summed E-state index contributed by atoms with van der Waals surface area (Å²) in [5.74, 6) is -0.623. The van der Waals surface area contributed by atoms with Gasteiger partial charge in [-0.1, -0.05) is 41.4 Å². The molecule has 0 aliphatic heterocycles. The number of nitriles is 1. The van der Waals surface area contributed by atoms with E-state index in [-0.39, 0.29) is 11.3 Å². The number of phenols is 1. The molecule has 0 bridgehead atoms. The van der Waals surface area contributed by atoms with Crippen LogP contribution in [0.2, 0.25) is 10.0 Å². The van der Waals surface area contributed by atoms with E-state index in [9.17, 15) is 9.90 Å². The number of benzene rings is 2. The zero-order chi connectivity index (χ0) is 16.1. The summed E-state index contributed by atoms with van der Waals surface area (Å²) in [6.45, 7) is 0. The molecule has 2 aromatic rings. The third kappa shape index (κ3) is 3.79. The van der Waals surface area contributed by atoms with E-state index in [1.54, 1.807) is 30.3 Å². The van der Waals surface area contributed by atoms with Crippen molar-refractivity contribution in [3.05, 3.63) is 63.6 Å². The highest BCUT2D eigenvalue weighted by atomic mass is 35.5. The lowest BCUT2D eigenvalue weighted by Crippen LogP contribution is -2.13. The Labute approximate surface area is 137 Å². The molecule has 2 aromatic carbocycles. The minimum absolute atomic E-state index is 0.0161. The summed E-state index contributed by atoms with van der Waals surface area (Å²) in [5.41, 5.74) is 0.647. The summed E-state index contributed by atoms with van der Waals surface area (Å²) in [6.07, 6.45) is 1.31. The second-order valence-corrected chi connectivity index (χ2v) is 5.13. The maximum Gasteiger partial charge on any atom is 0.266 e. The molecule has 4 nitrogen and oxygen atoms in total. The molecule has 0 unspecified atom stereocenters. The normalized spacial score (nSPS) is 10.9. The smallest absolute Gasteiger partial charge is 0.266 e. The summed E-state index contributed by atoms with van der Waals surface area (Å²) in [6, 6.07) is 12.8. The molecule has 110 valence electrons. The molecule has 0 heterocycles. The van der Waals surface area contributed by atoms with Crippen molar-refractivity contribution in [1.82, 2.24) is 0 Å². The van der Waals surface area contributed by atoms with Crippen LogP contribution in [0.15, 0.2) is 48.0 Å². The van der Waals surface area contributed by atoms with Crippen molar-refractivity contribution in [3.8, 4) is 11.8 Å². The highest BCUT2D eigenvalue weighted by molar-refractivity contribution is 6.42. The van der Waals surface area contributed by atoms with Gasteiger partial charge < -0.3 is 10.4 Å². The third-order valence-electron chi connectivity index (χ3n) is 2.78. The van der Waals surface area contributed by atoms with Crippen LogP contribution in [0.3, 0.4) is 0 Å². The van der Waals surface area contributed by atoms with E-state index in [2.05, 4.69) is 5.32 Å². The van der Waals surface area contributed by atoms with E-state index in [1.165, 1.54) is 24.3 Å². The van der Waals surface area contributed by atoms with Crippen LogP contribution in [0.5, 0.6) is 5.75 Å². The van der Waals surface area contributed by atoms with E-state index < -0.39 is 5.91 Å². The second kappa shape index (κ2) is 6.99. The number of hydrogen-bond donors (Lipinski definition) is 2. The van der Waals surface area contributed by atoms with Gasteiger partial charge in [-0.05, 0) is 30.3 Å². The molecule has 0 saturated heterocycles. The second-order valence-electron chi connectivity index (χ2n) is 4.31. The topological polar surface area (TPSA) is 73.1 Å². The van der Waals surface area contributed by atoms with Gasteiger partial charge in [-0.25, -0.2) is 0 Å². The van der Waals surface area contributed by atoms with Crippen LogP contribution >= 0.6 is 23.2 Å². The molecule has 0 aliphatic rings. The molecule has 6 heteroatoms. The van der Waals surface area contributed by atoms with Crippen LogP contribution in [0.4, 0.5) is 5.69 Å². The number of hydrogen-bond acceptors (Lipinski definition) is 3. The Morgan fingerprint density at radius 3 is 2.55 bits per heavy atom. The van der Waals surface area contributed by atoms with Crippen LogP contribution in [-0.4, -0.2) is 11.0 Å². The lowest BCUT2D eigenvalue weighted by molar-refractivity contribution is -0.112.